The highest BCUT2D eigenvalue weighted by molar-refractivity contribution is 7.09. The molecule has 2 saturated carbocycles. The third kappa shape index (κ3) is 2.29. The van der Waals surface area contributed by atoms with Gasteiger partial charge in [0, 0.05) is 36.4 Å². The standard InChI is InChI=1S/C12H18N2OS/c15-8-12(3-4-12)7-13-5-10-6-16-11(14-10)9-1-2-9/h6,9,13,15H,1-5,7-8H2. The van der Waals surface area contributed by atoms with Gasteiger partial charge in [0.1, 0.15) is 0 Å². The molecule has 0 atom stereocenters. The molecule has 3 nitrogen and oxygen atoms in total. The van der Waals surface area contributed by atoms with Gasteiger partial charge in [-0.05, 0) is 25.7 Å². The Kier molecular flexibility index (Phi) is 2.73. The lowest BCUT2D eigenvalue weighted by atomic mass is 10.1. The van der Waals surface area contributed by atoms with E-state index in [0.717, 1.165) is 19.0 Å². The lowest BCUT2D eigenvalue weighted by molar-refractivity contribution is 0.207. The van der Waals surface area contributed by atoms with E-state index in [1.807, 2.05) is 0 Å². The SMILES string of the molecule is OCC1(CNCc2csc(C3CC3)n2)CC1. The molecule has 0 bridgehead atoms. The molecule has 0 amide bonds. The first-order valence-corrected chi connectivity index (χ1v) is 6.95. The highest BCUT2D eigenvalue weighted by atomic mass is 32.1. The van der Waals surface area contributed by atoms with Gasteiger partial charge in [-0.1, -0.05) is 0 Å². The molecule has 0 saturated heterocycles. The van der Waals surface area contributed by atoms with E-state index in [1.54, 1.807) is 11.3 Å². The van der Waals surface area contributed by atoms with Crippen LogP contribution in [0.15, 0.2) is 5.38 Å². The van der Waals surface area contributed by atoms with E-state index in [0.29, 0.717) is 6.61 Å². The maximum absolute atomic E-state index is 9.19. The predicted molar refractivity (Wildman–Crippen MR) is 64.5 cm³/mol. The van der Waals surface area contributed by atoms with Crippen LogP contribution in [-0.2, 0) is 6.54 Å². The number of aliphatic hydroxyl groups excluding tert-OH is 1. The van der Waals surface area contributed by atoms with Crippen LogP contribution in [0.25, 0.3) is 0 Å². The molecule has 1 aromatic heterocycles. The molecule has 1 heterocycles. The molecule has 0 aromatic carbocycles. The summed E-state index contributed by atoms with van der Waals surface area (Å²) in [5.41, 5.74) is 1.37. The van der Waals surface area contributed by atoms with Crippen molar-refractivity contribution in [2.45, 2.75) is 38.1 Å². The number of nitrogens with zero attached hydrogens (tertiary/aromatic N) is 1. The molecule has 2 aliphatic rings. The maximum Gasteiger partial charge on any atom is 0.0959 e. The molecule has 2 fully saturated rings. The van der Waals surface area contributed by atoms with E-state index in [1.165, 1.54) is 36.4 Å². The molecular weight excluding hydrogens is 220 g/mol. The minimum absolute atomic E-state index is 0.204. The Morgan fingerprint density at radius 1 is 1.50 bits per heavy atom. The molecule has 2 aliphatic carbocycles. The Hall–Kier alpha value is -0.450. The number of aliphatic hydroxyl groups is 1. The van der Waals surface area contributed by atoms with E-state index >= 15 is 0 Å². The van der Waals surface area contributed by atoms with E-state index in [2.05, 4.69) is 15.7 Å². The molecule has 4 heteroatoms. The highest BCUT2D eigenvalue weighted by Crippen LogP contribution is 2.44. The van der Waals surface area contributed by atoms with E-state index < -0.39 is 0 Å². The lowest BCUT2D eigenvalue weighted by Crippen LogP contribution is -2.26. The fourth-order valence-corrected chi connectivity index (χ4v) is 2.94. The third-order valence-electron chi connectivity index (χ3n) is 3.59. The van der Waals surface area contributed by atoms with Gasteiger partial charge in [0.25, 0.3) is 0 Å². The number of nitrogens with one attached hydrogen (secondary N) is 1. The van der Waals surface area contributed by atoms with Gasteiger partial charge >= 0.3 is 0 Å². The fourth-order valence-electron chi connectivity index (χ4n) is 1.94. The first-order valence-electron chi connectivity index (χ1n) is 6.07. The zero-order valence-electron chi connectivity index (χ0n) is 9.41. The summed E-state index contributed by atoms with van der Waals surface area (Å²) >= 11 is 1.80. The van der Waals surface area contributed by atoms with Crippen LogP contribution in [0.3, 0.4) is 0 Å². The quantitative estimate of drug-likeness (QED) is 0.795. The Morgan fingerprint density at radius 3 is 2.94 bits per heavy atom. The maximum atomic E-state index is 9.19. The van der Waals surface area contributed by atoms with Crippen molar-refractivity contribution in [3.05, 3.63) is 16.1 Å². The van der Waals surface area contributed by atoms with Crippen molar-refractivity contribution in [2.24, 2.45) is 5.41 Å². The van der Waals surface area contributed by atoms with Crippen molar-refractivity contribution < 1.29 is 5.11 Å². The Balaban J connectivity index is 1.46. The largest absolute Gasteiger partial charge is 0.396 e. The average Bonchev–Trinajstić information content (AvgIpc) is 3.21. The molecule has 0 unspecified atom stereocenters. The van der Waals surface area contributed by atoms with E-state index in [-0.39, 0.29) is 5.41 Å². The van der Waals surface area contributed by atoms with Gasteiger partial charge in [-0.3, -0.25) is 0 Å². The second-order valence-corrected chi connectivity index (χ2v) is 6.10. The number of aromatic nitrogens is 1. The summed E-state index contributed by atoms with van der Waals surface area (Å²) in [5.74, 6) is 0.769. The van der Waals surface area contributed by atoms with Gasteiger partial charge in [-0.2, -0.15) is 0 Å². The number of hydrogen-bond donors (Lipinski definition) is 2. The first kappa shape index (κ1) is 10.7. The summed E-state index contributed by atoms with van der Waals surface area (Å²) in [6, 6.07) is 0. The van der Waals surface area contributed by atoms with Crippen molar-refractivity contribution in [1.82, 2.24) is 10.3 Å². The smallest absolute Gasteiger partial charge is 0.0959 e. The zero-order chi connectivity index (χ0) is 11.0. The fraction of sp³-hybridized carbons (Fsp3) is 0.750. The molecular formula is C12H18N2OS. The van der Waals surface area contributed by atoms with Gasteiger partial charge < -0.3 is 10.4 Å². The number of rotatable bonds is 6. The molecule has 16 heavy (non-hydrogen) atoms. The summed E-state index contributed by atoms with van der Waals surface area (Å²) in [5, 5.41) is 16.1. The van der Waals surface area contributed by atoms with Crippen molar-refractivity contribution in [1.29, 1.82) is 0 Å². The molecule has 0 aliphatic heterocycles. The summed E-state index contributed by atoms with van der Waals surface area (Å²) in [6.45, 7) is 2.11. The Morgan fingerprint density at radius 2 is 2.31 bits per heavy atom. The van der Waals surface area contributed by atoms with Crippen LogP contribution < -0.4 is 5.32 Å². The summed E-state index contributed by atoms with van der Waals surface area (Å²) in [7, 11) is 0. The zero-order valence-corrected chi connectivity index (χ0v) is 10.2. The molecule has 1 aromatic rings. The lowest BCUT2D eigenvalue weighted by Gasteiger charge is -2.11. The van der Waals surface area contributed by atoms with Crippen LogP contribution in [-0.4, -0.2) is 23.2 Å². The van der Waals surface area contributed by atoms with Gasteiger partial charge in [-0.15, -0.1) is 11.3 Å². The van der Waals surface area contributed by atoms with Gasteiger partial charge in [0.2, 0.25) is 0 Å². The van der Waals surface area contributed by atoms with E-state index in [4.69, 9.17) is 0 Å². The second-order valence-electron chi connectivity index (χ2n) is 5.21. The Labute approximate surface area is 99.9 Å². The minimum atomic E-state index is 0.204. The number of thiazole rings is 1. The summed E-state index contributed by atoms with van der Waals surface area (Å²) < 4.78 is 0. The van der Waals surface area contributed by atoms with Crippen LogP contribution >= 0.6 is 11.3 Å². The first-order chi connectivity index (χ1) is 7.81. The van der Waals surface area contributed by atoms with Crippen LogP contribution in [0.5, 0.6) is 0 Å². The average molecular weight is 238 g/mol. The summed E-state index contributed by atoms with van der Waals surface area (Å²) in [6.07, 6.45) is 4.99. The van der Waals surface area contributed by atoms with Crippen molar-refractivity contribution in [3.63, 3.8) is 0 Å². The van der Waals surface area contributed by atoms with Crippen molar-refractivity contribution in [2.75, 3.05) is 13.2 Å². The molecule has 0 radical (unpaired) electrons. The third-order valence-corrected chi connectivity index (χ3v) is 4.65. The highest BCUT2D eigenvalue weighted by Gasteiger charge is 2.41. The molecule has 88 valence electrons. The molecule has 0 spiro atoms. The topological polar surface area (TPSA) is 45.1 Å². The predicted octanol–water partition coefficient (Wildman–Crippen LogP) is 1.88. The van der Waals surface area contributed by atoms with Crippen LogP contribution in [0.4, 0.5) is 0 Å². The summed E-state index contributed by atoms with van der Waals surface area (Å²) in [4.78, 5) is 4.63. The number of hydrogen-bond acceptors (Lipinski definition) is 4. The van der Waals surface area contributed by atoms with Gasteiger partial charge in [0.05, 0.1) is 10.7 Å². The van der Waals surface area contributed by atoms with Crippen molar-refractivity contribution >= 4 is 11.3 Å². The minimum Gasteiger partial charge on any atom is -0.396 e. The second kappa shape index (κ2) is 4.09. The van der Waals surface area contributed by atoms with Crippen LogP contribution in [0.1, 0.15) is 42.3 Å². The van der Waals surface area contributed by atoms with Gasteiger partial charge in [0.15, 0.2) is 0 Å². The molecule has 2 N–H and O–H groups in total. The van der Waals surface area contributed by atoms with Crippen molar-refractivity contribution in [3.8, 4) is 0 Å². The Bertz CT molecular complexity index is 369. The van der Waals surface area contributed by atoms with Gasteiger partial charge in [-0.25, -0.2) is 4.98 Å². The molecule has 3 rings (SSSR count). The van der Waals surface area contributed by atoms with Crippen LogP contribution in [0, 0.1) is 5.41 Å². The monoisotopic (exact) mass is 238 g/mol. The van der Waals surface area contributed by atoms with E-state index in [9.17, 15) is 5.11 Å². The van der Waals surface area contributed by atoms with Crippen LogP contribution in [0.2, 0.25) is 0 Å². The normalized spacial score (nSPS) is 22.3.